The fourth-order valence-electron chi connectivity index (χ4n) is 2.42. The van der Waals surface area contributed by atoms with Gasteiger partial charge in [-0.05, 0) is 18.4 Å². The van der Waals surface area contributed by atoms with E-state index in [4.69, 9.17) is 4.74 Å². The first-order chi connectivity index (χ1) is 10.6. The van der Waals surface area contributed by atoms with E-state index < -0.39 is 16.1 Å². The molecule has 1 aliphatic rings. The predicted octanol–water partition coefficient (Wildman–Crippen LogP) is 1.77. The summed E-state index contributed by atoms with van der Waals surface area (Å²) < 4.78 is 31.4. The Hall–Kier alpha value is -1.60. The fraction of sp³-hybridized carbons (Fsp3) is 0.533. The van der Waals surface area contributed by atoms with Crippen molar-refractivity contribution in [3.05, 3.63) is 35.9 Å². The molecule has 0 unspecified atom stereocenters. The van der Waals surface area contributed by atoms with Crippen molar-refractivity contribution in [2.45, 2.75) is 38.3 Å². The van der Waals surface area contributed by atoms with Crippen LogP contribution in [0.25, 0.3) is 0 Å². The molecule has 0 aromatic heterocycles. The number of benzene rings is 1. The van der Waals surface area contributed by atoms with Crippen molar-refractivity contribution in [3.63, 3.8) is 0 Å². The van der Waals surface area contributed by atoms with E-state index in [-0.39, 0.29) is 24.9 Å². The van der Waals surface area contributed by atoms with Gasteiger partial charge in [0.15, 0.2) is 0 Å². The average Bonchev–Trinajstić information content (AvgIpc) is 2.98. The highest BCUT2D eigenvalue weighted by atomic mass is 32.2. The Labute approximate surface area is 131 Å². The minimum absolute atomic E-state index is 0.0374. The van der Waals surface area contributed by atoms with Gasteiger partial charge in [-0.1, -0.05) is 43.2 Å². The Bertz CT molecular complexity index is 568. The number of nitrogens with one attached hydrogen (secondary N) is 2. The van der Waals surface area contributed by atoms with Crippen molar-refractivity contribution in [1.82, 2.24) is 10.0 Å². The van der Waals surface area contributed by atoms with Crippen molar-refractivity contribution in [1.29, 1.82) is 0 Å². The van der Waals surface area contributed by atoms with Crippen LogP contribution in [0.4, 0.5) is 4.79 Å². The molecule has 1 aromatic carbocycles. The lowest BCUT2D eigenvalue weighted by molar-refractivity contribution is 0.140. The van der Waals surface area contributed by atoms with Gasteiger partial charge in [0.1, 0.15) is 6.61 Å². The fourth-order valence-corrected chi connectivity index (χ4v) is 3.65. The molecule has 6 nitrogen and oxygen atoms in total. The SMILES string of the molecule is O=C(NCCS(=O)(=O)NC1CCCC1)OCc1ccccc1. The number of sulfonamides is 1. The van der Waals surface area contributed by atoms with E-state index in [9.17, 15) is 13.2 Å². The van der Waals surface area contributed by atoms with Crippen molar-refractivity contribution in [3.8, 4) is 0 Å². The molecule has 1 saturated carbocycles. The largest absolute Gasteiger partial charge is 0.445 e. The van der Waals surface area contributed by atoms with Crippen LogP contribution < -0.4 is 10.0 Å². The molecule has 122 valence electrons. The molecule has 1 aromatic rings. The van der Waals surface area contributed by atoms with Gasteiger partial charge in [-0.15, -0.1) is 0 Å². The third-order valence-electron chi connectivity index (χ3n) is 3.55. The number of carbonyl (C=O) groups excluding carboxylic acids is 1. The van der Waals surface area contributed by atoms with Crippen LogP contribution in [0.15, 0.2) is 30.3 Å². The lowest BCUT2D eigenvalue weighted by Crippen LogP contribution is -2.38. The molecule has 2 N–H and O–H groups in total. The second-order valence-corrected chi connectivity index (χ2v) is 7.28. The minimum Gasteiger partial charge on any atom is -0.445 e. The zero-order chi connectivity index (χ0) is 15.8. The van der Waals surface area contributed by atoms with Crippen LogP contribution in [0, 0.1) is 0 Å². The smallest absolute Gasteiger partial charge is 0.407 e. The molecule has 0 bridgehead atoms. The molecule has 1 amide bonds. The summed E-state index contributed by atoms with van der Waals surface area (Å²) in [6.45, 7) is 0.204. The van der Waals surface area contributed by atoms with E-state index in [0.717, 1.165) is 31.2 Å². The monoisotopic (exact) mass is 326 g/mol. The van der Waals surface area contributed by atoms with Gasteiger partial charge < -0.3 is 10.1 Å². The van der Waals surface area contributed by atoms with Crippen LogP contribution >= 0.6 is 0 Å². The Morgan fingerprint density at radius 3 is 2.55 bits per heavy atom. The lowest BCUT2D eigenvalue weighted by Gasteiger charge is -2.12. The maximum Gasteiger partial charge on any atom is 0.407 e. The average molecular weight is 326 g/mol. The molecule has 0 saturated heterocycles. The summed E-state index contributed by atoms with van der Waals surface area (Å²) in [4.78, 5) is 11.5. The number of carbonyl (C=O) groups is 1. The summed E-state index contributed by atoms with van der Waals surface area (Å²) in [6.07, 6.45) is 3.31. The van der Waals surface area contributed by atoms with E-state index in [0.29, 0.717) is 0 Å². The van der Waals surface area contributed by atoms with Gasteiger partial charge in [-0.25, -0.2) is 17.9 Å². The number of ether oxygens (including phenoxy) is 1. The van der Waals surface area contributed by atoms with Gasteiger partial charge in [0, 0.05) is 12.6 Å². The third kappa shape index (κ3) is 6.03. The maximum atomic E-state index is 11.8. The highest BCUT2D eigenvalue weighted by Crippen LogP contribution is 2.18. The summed E-state index contributed by atoms with van der Waals surface area (Å²) in [5.74, 6) is -0.135. The molecule has 0 aliphatic heterocycles. The molecule has 7 heteroatoms. The first-order valence-corrected chi connectivity index (χ1v) is 9.15. The highest BCUT2D eigenvalue weighted by molar-refractivity contribution is 7.89. The zero-order valence-corrected chi connectivity index (χ0v) is 13.3. The zero-order valence-electron chi connectivity index (χ0n) is 12.5. The van der Waals surface area contributed by atoms with Gasteiger partial charge in [0.2, 0.25) is 10.0 Å². The molecule has 2 rings (SSSR count). The molecule has 0 atom stereocenters. The number of rotatable bonds is 7. The predicted molar refractivity (Wildman–Crippen MR) is 83.8 cm³/mol. The van der Waals surface area contributed by atoms with E-state index in [1.165, 1.54) is 0 Å². The summed E-state index contributed by atoms with van der Waals surface area (Å²) in [5, 5.41) is 2.45. The number of hydrogen-bond acceptors (Lipinski definition) is 4. The Morgan fingerprint density at radius 2 is 1.86 bits per heavy atom. The standard InChI is InChI=1S/C15H22N2O4S/c18-15(21-12-13-6-2-1-3-7-13)16-10-11-22(19,20)17-14-8-4-5-9-14/h1-3,6-7,14,17H,4-5,8-12H2,(H,16,18). The number of hydrogen-bond donors (Lipinski definition) is 2. The Kier molecular flexibility index (Phi) is 6.21. The summed E-state index contributed by atoms with van der Waals surface area (Å²) >= 11 is 0. The van der Waals surface area contributed by atoms with E-state index in [2.05, 4.69) is 10.0 Å². The second kappa shape index (κ2) is 8.14. The summed E-state index contributed by atoms with van der Waals surface area (Å²) in [5.41, 5.74) is 0.883. The first kappa shape index (κ1) is 16.8. The van der Waals surface area contributed by atoms with Crippen molar-refractivity contribution in [2.75, 3.05) is 12.3 Å². The van der Waals surface area contributed by atoms with Crippen LogP contribution in [0.1, 0.15) is 31.2 Å². The second-order valence-electron chi connectivity index (χ2n) is 5.41. The quantitative estimate of drug-likeness (QED) is 0.800. The molecule has 1 aliphatic carbocycles. The molecule has 1 fully saturated rings. The Morgan fingerprint density at radius 1 is 1.18 bits per heavy atom. The van der Waals surface area contributed by atoms with E-state index in [1.54, 1.807) is 0 Å². The van der Waals surface area contributed by atoms with Gasteiger partial charge >= 0.3 is 6.09 Å². The van der Waals surface area contributed by atoms with Gasteiger partial charge in [-0.2, -0.15) is 0 Å². The molecule has 0 radical (unpaired) electrons. The van der Waals surface area contributed by atoms with Crippen LogP contribution in [0.2, 0.25) is 0 Å². The van der Waals surface area contributed by atoms with Crippen molar-refractivity contribution >= 4 is 16.1 Å². The number of amides is 1. The molecular formula is C15H22N2O4S. The van der Waals surface area contributed by atoms with Crippen molar-refractivity contribution in [2.24, 2.45) is 0 Å². The minimum atomic E-state index is -3.35. The van der Waals surface area contributed by atoms with E-state index in [1.807, 2.05) is 30.3 Å². The van der Waals surface area contributed by atoms with Crippen LogP contribution in [-0.4, -0.2) is 32.9 Å². The Balaban J connectivity index is 1.63. The molecular weight excluding hydrogens is 304 g/mol. The van der Waals surface area contributed by atoms with Crippen LogP contribution in [0.5, 0.6) is 0 Å². The molecule has 0 heterocycles. The summed E-state index contributed by atoms with van der Waals surface area (Å²) in [7, 11) is -3.35. The maximum absolute atomic E-state index is 11.8. The van der Waals surface area contributed by atoms with Crippen LogP contribution in [-0.2, 0) is 21.4 Å². The van der Waals surface area contributed by atoms with Gasteiger partial charge in [-0.3, -0.25) is 0 Å². The first-order valence-electron chi connectivity index (χ1n) is 7.50. The normalized spacial score (nSPS) is 15.6. The lowest BCUT2D eigenvalue weighted by atomic mass is 10.2. The topological polar surface area (TPSA) is 84.5 Å². The molecule has 0 spiro atoms. The highest BCUT2D eigenvalue weighted by Gasteiger charge is 2.21. The third-order valence-corrected chi connectivity index (χ3v) is 4.99. The van der Waals surface area contributed by atoms with Gasteiger partial charge in [0.25, 0.3) is 0 Å². The molecule has 22 heavy (non-hydrogen) atoms. The van der Waals surface area contributed by atoms with E-state index >= 15 is 0 Å². The van der Waals surface area contributed by atoms with Gasteiger partial charge in [0.05, 0.1) is 5.75 Å². The summed E-state index contributed by atoms with van der Waals surface area (Å²) in [6, 6.07) is 9.35. The number of alkyl carbamates (subject to hydrolysis) is 1. The van der Waals surface area contributed by atoms with Crippen molar-refractivity contribution < 1.29 is 17.9 Å². The van der Waals surface area contributed by atoms with Crippen LogP contribution in [0.3, 0.4) is 0 Å².